The molecule has 1 atom stereocenters. The molecule has 22 heavy (non-hydrogen) atoms. The second kappa shape index (κ2) is 5.19. The van der Waals surface area contributed by atoms with Crippen LogP contribution in [0, 0.1) is 0 Å². The number of thioether (sulfide) groups is 1. The van der Waals surface area contributed by atoms with E-state index in [2.05, 4.69) is 40.8 Å². The van der Waals surface area contributed by atoms with Gasteiger partial charge >= 0.3 is 0 Å². The number of H-pyrrole nitrogens is 1. The lowest BCUT2D eigenvalue weighted by Gasteiger charge is -2.32. The molecule has 10 nitrogen and oxygen atoms in total. The molecule has 0 aliphatic carbocycles. The third-order valence-electron chi connectivity index (χ3n) is 2.74. The summed E-state index contributed by atoms with van der Waals surface area (Å²) in [6, 6.07) is 0. The van der Waals surface area contributed by atoms with E-state index in [-0.39, 0.29) is 0 Å². The molecule has 1 aliphatic rings. The SMILES string of the molecule is Nc1nnc(N2N=CSC2(Nc2nccs2)c2ncn[nH]2)s1. The van der Waals surface area contributed by atoms with E-state index >= 15 is 0 Å². The first kappa shape index (κ1) is 13.4. The monoisotopic (exact) mass is 352 g/mol. The third kappa shape index (κ3) is 2.10. The minimum Gasteiger partial charge on any atom is -0.374 e. The first-order chi connectivity index (χ1) is 10.8. The number of rotatable bonds is 4. The second-order valence-electron chi connectivity index (χ2n) is 4.01. The maximum absolute atomic E-state index is 5.68. The fourth-order valence-corrected chi connectivity index (χ4v) is 4.09. The van der Waals surface area contributed by atoms with E-state index in [0.29, 0.717) is 16.1 Å². The summed E-state index contributed by atoms with van der Waals surface area (Å²) in [5.41, 5.74) is 7.38. The minimum absolute atomic E-state index is 0.364. The molecule has 0 saturated heterocycles. The summed E-state index contributed by atoms with van der Waals surface area (Å²) in [6.07, 6.45) is 3.15. The zero-order valence-electron chi connectivity index (χ0n) is 10.7. The van der Waals surface area contributed by atoms with Crippen LogP contribution in [0.4, 0.5) is 15.4 Å². The van der Waals surface area contributed by atoms with E-state index in [1.807, 2.05) is 5.38 Å². The van der Waals surface area contributed by atoms with E-state index in [4.69, 9.17) is 5.73 Å². The molecule has 0 radical (unpaired) electrons. The van der Waals surface area contributed by atoms with E-state index in [9.17, 15) is 0 Å². The number of hydrazone groups is 1. The molecule has 0 amide bonds. The van der Waals surface area contributed by atoms with Crippen LogP contribution in [0.2, 0.25) is 0 Å². The lowest BCUT2D eigenvalue weighted by atomic mass is 10.4. The van der Waals surface area contributed by atoms with Crippen molar-refractivity contribution < 1.29 is 0 Å². The standard InChI is InChI=1S/C9H8N10S3/c10-6-17-18-8(22-6)19-9(21-4-14-19,5-12-3-13-16-5)15-7-11-1-2-20-7/h1-4H,(H2,10,17)(H,11,15)(H,12,13,16). The first-order valence-corrected chi connectivity index (χ1v) is 8.48. The molecule has 13 heteroatoms. The zero-order valence-corrected chi connectivity index (χ0v) is 13.2. The summed E-state index contributed by atoms with van der Waals surface area (Å²) in [6.45, 7) is 0. The lowest BCUT2D eigenvalue weighted by molar-refractivity contribution is 0.622. The average molecular weight is 352 g/mol. The molecule has 4 N–H and O–H groups in total. The van der Waals surface area contributed by atoms with Gasteiger partial charge in [0.05, 0.1) is 5.55 Å². The number of hydrogen-bond acceptors (Lipinski definition) is 12. The van der Waals surface area contributed by atoms with Crippen LogP contribution in [0.1, 0.15) is 5.82 Å². The molecule has 0 fully saturated rings. The van der Waals surface area contributed by atoms with Crippen LogP contribution in [-0.4, -0.2) is 35.9 Å². The second-order valence-corrected chi connectivity index (χ2v) is 6.93. The minimum atomic E-state index is -0.875. The van der Waals surface area contributed by atoms with Gasteiger partial charge in [0.1, 0.15) is 6.33 Å². The summed E-state index contributed by atoms with van der Waals surface area (Å²) in [7, 11) is 0. The molecule has 112 valence electrons. The Morgan fingerprint density at radius 3 is 2.95 bits per heavy atom. The highest BCUT2D eigenvalue weighted by molar-refractivity contribution is 8.13. The number of anilines is 3. The van der Waals surface area contributed by atoms with E-state index in [0.717, 1.165) is 5.13 Å². The molecule has 1 unspecified atom stereocenters. The van der Waals surface area contributed by atoms with Crippen LogP contribution < -0.4 is 16.1 Å². The zero-order chi connectivity index (χ0) is 15.0. The normalized spacial score (nSPS) is 20.6. The van der Waals surface area contributed by atoms with Crippen molar-refractivity contribution >= 4 is 55.4 Å². The van der Waals surface area contributed by atoms with Gasteiger partial charge in [-0.25, -0.2) is 9.97 Å². The lowest BCUT2D eigenvalue weighted by Crippen LogP contribution is -2.45. The smallest absolute Gasteiger partial charge is 0.249 e. The van der Waals surface area contributed by atoms with Gasteiger partial charge in [-0.1, -0.05) is 23.1 Å². The molecule has 0 spiro atoms. The van der Waals surface area contributed by atoms with E-state index in [1.165, 1.54) is 40.8 Å². The fraction of sp³-hybridized carbons (Fsp3) is 0.111. The van der Waals surface area contributed by atoms with Crippen LogP contribution in [0.25, 0.3) is 0 Å². The number of nitrogens with zero attached hydrogens (tertiary/aromatic N) is 7. The molecule has 0 saturated carbocycles. The Hall–Kier alpha value is -2.25. The van der Waals surface area contributed by atoms with Crippen LogP contribution in [0.15, 0.2) is 23.0 Å². The molecule has 0 aromatic carbocycles. The topological polar surface area (TPSA) is 134 Å². The van der Waals surface area contributed by atoms with Crippen molar-refractivity contribution in [3.05, 3.63) is 23.7 Å². The molecule has 4 rings (SSSR count). The van der Waals surface area contributed by atoms with Crippen molar-refractivity contribution in [1.82, 2.24) is 30.4 Å². The predicted molar refractivity (Wildman–Crippen MR) is 86.7 cm³/mol. The number of nitrogens with two attached hydrogens (primary N) is 1. The molecule has 0 bridgehead atoms. The van der Waals surface area contributed by atoms with Crippen molar-refractivity contribution in [1.29, 1.82) is 0 Å². The first-order valence-electron chi connectivity index (χ1n) is 5.91. The molecule has 4 heterocycles. The van der Waals surface area contributed by atoms with Crippen LogP contribution in [-0.2, 0) is 4.99 Å². The van der Waals surface area contributed by atoms with Gasteiger partial charge in [-0.15, -0.1) is 21.5 Å². The number of thiazole rings is 1. The number of aromatic amines is 1. The Balaban J connectivity index is 1.80. The number of aromatic nitrogens is 6. The van der Waals surface area contributed by atoms with Crippen molar-refractivity contribution in [2.75, 3.05) is 16.1 Å². The van der Waals surface area contributed by atoms with Gasteiger partial charge in [0, 0.05) is 11.6 Å². The number of hydrogen-bond donors (Lipinski definition) is 3. The predicted octanol–water partition coefficient (Wildman–Crippen LogP) is 1.11. The Morgan fingerprint density at radius 2 is 2.27 bits per heavy atom. The summed E-state index contributed by atoms with van der Waals surface area (Å²) < 4.78 is 0. The number of nitrogens with one attached hydrogen (secondary N) is 2. The van der Waals surface area contributed by atoms with Gasteiger partial charge < -0.3 is 11.1 Å². The maximum Gasteiger partial charge on any atom is 0.249 e. The Labute approximate surface area is 135 Å². The highest BCUT2D eigenvalue weighted by atomic mass is 32.2. The largest absolute Gasteiger partial charge is 0.374 e. The Bertz CT molecular complexity index is 781. The highest BCUT2D eigenvalue weighted by Gasteiger charge is 2.48. The van der Waals surface area contributed by atoms with Gasteiger partial charge in [-0.05, 0) is 0 Å². The Kier molecular flexibility index (Phi) is 3.16. The summed E-state index contributed by atoms with van der Waals surface area (Å²) in [4.78, 5) is 7.65. The fourth-order valence-electron chi connectivity index (χ4n) is 1.87. The molecular formula is C9H8N10S3. The van der Waals surface area contributed by atoms with Crippen molar-refractivity contribution in [2.24, 2.45) is 5.10 Å². The summed E-state index contributed by atoms with van der Waals surface area (Å²) in [5.74, 6) is 0.568. The van der Waals surface area contributed by atoms with Gasteiger partial charge in [0.25, 0.3) is 0 Å². The molecule has 1 aliphatic heterocycles. The van der Waals surface area contributed by atoms with Crippen molar-refractivity contribution in [3.63, 3.8) is 0 Å². The van der Waals surface area contributed by atoms with Crippen LogP contribution in [0.5, 0.6) is 0 Å². The average Bonchev–Trinajstić information content (AvgIpc) is 3.27. The molecule has 3 aromatic heterocycles. The maximum atomic E-state index is 5.68. The summed E-state index contributed by atoms with van der Waals surface area (Å²) >= 11 is 4.12. The van der Waals surface area contributed by atoms with Crippen molar-refractivity contribution in [3.8, 4) is 0 Å². The highest BCUT2D eigenvalue weighted by Crippen LogP contribution is 2.45. The van der Waals surface area contributed by atoms with E-state index < -0.39 is 4.99 Å². The van der Waals surface area contributed by atoms with Gasteiger partial charge in [-0.2, -0.15) is 15.2 Å². The molecular weight excluding hydrogens is 344 g/mol. The molecule has 3 aromatic rings. The van der Waals surface area contributed by atoms with E-state index in [1.54, 1.807) is 16.8 Å². The third-order valence-corrected chi connectivity index (χ3v) is 5.17. The van der Waals surface area contributed by atoms with Crippen LogP contribution >= 0.6 is 34.4 Å². The quantitative estimate of drug-likeness (QED) is 0.631. The van der Waals surface area contributed by atoms with Crippen LogP contribution in [0.3, 0.4) is 0 Å². The van der Waals surface area contributed by atoms with Gasteiger partial charge in [0.15, 0.2) is 11.0 Å². The number of nitrogen functional groups attached to an aromatic ring is 1. The van der Waals surface area contributed by atoms with Gasteiger partial charge in [0.2, 0.25) is 15.3 Å². The summed E-state index contributed by atoms with van der Waals surface area (Å²) in [5, 5.41) is 27.6. The Morgan fingerprint density at radius 1 is 1.32 bits per heavy atom. The van der Waals surface area contributed by atoms with Crippen molar-refractivity contribution in [2.45, 2.75) is 4.99 Å². The van der Waals surface area contributed by atoms with Gasteiger partial charge in [-0.3, -0.25) is 5.10 Å².